The molecule has 0 amide bonds. The van der Waals surface area contributed by atoms with Crippen LogP contribution in [0.3, 0.4) is 0 Å². The molecule has 0 radical (unpaired) electrons. The van der Waals surface area contributed by atoms with Gasteiger partial charge in [-0.3, -0.25) is 4.79 Å². The molecule has 1 unspecified atom stereocenters. The van der Waals surface area contributed by atoms with Crippen LogP contribution >= 0.6 is 0 Å². The summed E-state index contributed by atoms with van der Waals surface area (Å²) in [5.74, 6) is -0.129. The predicted molar refractivity (Wildman–Crippen MR) is 71.2 cm³/mol. The van der Waals surface area contributed by atoms with E-state index in [-0.39, 0.29) is 0 Å². The van der Waals surface area contributed by atoms with E-state index in [2.05, 4.69) is 4.74 Å². The third-order valence-electron chi connectivity index (χ3n) is 5.68. The summed E-state index contributed by atoms with van der Waals surface area (Å²) >= 11 is 0. The maximum absolute atomic E-state index is 13.8. The summed E-state index contributed by atoms with van der Waals surface area (Å²) in [6.07, 6.45) is -1.67. The van der Waals surface area contributed by atoms with Crippen molar-refractivity contribution in [3.05, 3.63) is 0 Å². The van der Waals surface area contributed by atoms with Crippen molar-refractivity contribution in [3.63, 3.8) is 0 Å². The highest BCUT2D eigenvalue weighted by Crippen LogP contribution is 2.60. The second-order valence-electron chi connectivity index (χ2n) is 7.45. The molecule has 24 heavy (non-hydrogen) atoms. The summed E-state index contributed by atoms with van der Waals surface area (Å²) in [5, 5.41) is -5.13. The van der Waals surface area contributed by atoms with E-state index in [0.29, 0.717) is 37.0 Å². The average Bonchev–Trinajstić information content (AvgIpc) is 2.40. The van der Waals surface area contributed by atoms with Gasteiger partial charge in [0, 0.05) is 0 Å². The van der Waals surface area contributed by atoms with Crippen LogP contribution in [-0.4, -0.2) is 36.7 Å². The molecule has 0 aromatic carbocycles. The van der Waals surface area contributed by atoms with Crippen LogP contribution in [-0.2, 0) is 19.6 Å². The molecule has 0 N–H and O–H groups in total. The second kappa shape index (κ2) is 5.30. The van der Waals surface area contributed by atoms with Crippen molar-refractivity contribution in [3.8, 4) is 0 Å². The molecule has 0 aromatic rings. The lowest BCUT2D eigenvalue weighted by atomic mass is 9.49. The third-order valence-corrected chi connectivity index (χ3v) is 6.82. The SMILES string of the molecule is O=C(OCC(F)(C(F)(F)F)S(=O)(=O)[O-])C12CC3CC(CC(C3)C1)C2. The molecule has 4 aliphatic carbocycles. The Kier molecular flexibility index (Phi) is 3.95. The van der Waals surface area contributed by atoms with Gasteiger partial charge in [-0.25, -0.2) is 12.8 Å². The molecule has 0 saturated heterocycles. The Morgan fingerprint density at radius 1 is 1.04 bits per heavy atom. The molecule has 4 rings (SSSR count). The summed E-state index contributed by atoms with van der Waals surface area (Å²) in [7, 11) is -6.39. The van der Waals surface area contributed by atoms with Gasteiger partial charge in [-0.15, -0.1) is 0 Å². The van der Waals surface area contributed by atoms with E-state index in [1.165, 1.54) is 0 Å². The summed E-state index contributed by atoms with van der Waals surface area (Å²) in [6.45, 7) is -2.15. The zero-order valence-electron chi connectivity index (χ0n) is 12.6. The van der Waals surface area contributed by atoms with Gasteiger partial charge in [0.15, 0.2) is 0 Å². The fourth-order valence-electron chi connectivity index (χ4n) is 4.97. The number of carbonyl (C=O) groups excluding carboxylic acids is 1. The third kappa shape index (κ3) is 2.71. The Bertz CT molecular complexity index is 609. The van der Waals surface area contributed by atoms with Crippen LogP contribution in [0.1, 0.15) is 38.5 Å². The van der Waals surface area contributed by atoms with Gasteiger partial charge >= 0.3 is 17.1 Å². The van der Waals surface area contributed by atoms with Gasteiger partial charge in [0.25, 0.3) is 0 Å². The minimum Gasteiger partial charge on any atom is -0.745 e. The van der Waals surface area contributed by atoms with Crippen molar-refractivity contribution in [2.24, 2.45) is 23.2 Å². The lowest BCUT2D eigenvalue weighted by Gasteiger charge is -2.55. The largest absolute Gasteiger partial charge is 0.745 e. The van der Waals surface area contributed by atoms with Crippen LogP contribution in [0.15, 0.2) is 0 Å². The molecular weight excluding hydrogens is 356 g/mol. The molecule has 0 aliphatic heterocycles. The van der Waals surface area contributed by atoms with E-state index < -0.39 is 39.3 Å². The summed E-state index contributed by atoms with van der Waals surface area (Å²) in [4.78, 5) is 12.3. The maximum atomic E-state index is 13.8. The quantitative estimate of drug-likeness (QED) is 0.430. The first-order valence-electron chi connectivity index (χ1n) is 7.75. The first kappa shape index (κ1) is 17.9. The number of rotatable bonds is 4. The van der Waals surface area contributed by atoms with Crippen LogP contribution in [0.25, 0.3) is 0 Å². The molecule has 10 heteroatoms. The molecule has 138 valence electrons. The molecule has 0 heterocycles. The molecule has 1 atom stereocenters. The number of halogens is 4. The van der Waals surface area contributed by atoms with Crippen LogP contribution in [0, 0.1) is 23.2 Å². The molecule has 0 spiro atoms. The monoisotopic (exact) mass is 373 g/mol. The molecule has 4 fully saturated rings. The van der Waals surface area contributed by atoms with E-state index in [9.17, 15) is 35.3 Å². The van der Waals surface area contributed by atoms with E-state index >= 15 is 0 Å². The summed E-state index contributed by atoms with van der Waals surface area (Å²) in [6, 6.07) is 0. The van der Waals surface area contributed by atoms with Crippen molar-refractivity contribution < 1.29 is 40.1 Å². The van der Waals surface area contributed by atoms with Crippen molar-refractivity contribution in [1.82, 2.24) is 0 Å². The minimum atomic E-state index is -6.39. The van der Waals surface area contributed by atoms with Crippen LogP contribution in [0.2, 0.25) is 0 Å². The number of ether oxygens (including phenoxy) is 1. The van der Waals surface area contributed by atoms with Gasteiger partial charge in [-0.2, -0.15) is 13.2 Å². The zero-order chi connectivity index (χ0) is 18.0. The van der Waals surface area contributed by atoms with Crippen LogP contribution in [0.5, 0.6) is 0 Å². The Hall–Kier alpha value is -0.900. The van der Waals surface area contributed by atoms with Crippen molar-refractivity contribution in [1.29, 1.82) is 0 Å². The summed E-state index contributed by atoms with van der Waals surface area (Å²) in [5.41, 5.74) is -0.964. The first-order valence-corrected chi connectivity index (χ1v) is 9.15. The first-order chi connectivity index (χ1) is 10.9. The van der Waals surface area contributed by atoms with E-state index in [1.807, 2.05) is 0 Å². The molecule has 4 aliphatic rings. The van der Waals surface area contributed by atoms with Gasteiger partial charge < -0.3 is 9.29 Å². The van der Waals surface area contributed by atoms with Crippen molar-refractivity contribution in [2.75, 3.05) is 6.61 Å². The molecule has 5 nitrogen and oxygen atoms in total. The molecular formula is C14H17F4O5S-. The van der Waals surface area contributed by atoms with Gasteiger partial charge in [-0.05, 0) is 56.3 Å². The number of carbonyl (C=O) groups is 1. The second-order valence-corrected chi connectivity index (χ2v) is 9.01. The number of hydrogen-bond donors (Lipinski definition) is 0. The Morgan fingerprint density at radius 2 is 1.46 bits per heavy atom. The fourth-order valence-corrected chi connectivity index (χ4v) is 5.45. The van der Waals surface area contributed by atoms with Crippen LogP contribution in [0.4, 0.5) is 17.6 Å². The van der Waals surface area contributed by atoms with Crippen molar-refractivity contribution >= 4 is 16.1 Å². The Labute approximate surface area is 136 Å². The Balaban J connectivity index is 1.76. The van der Waals surface area contributed by atoms with Gasteiger partial charge in [-0.1, -0.05) is 0 Å². The summed E-state index contributed by atoms with van der Waals surface area (Å²) < 4.78 is 88.4. The van der Waals surface area contributed by atoms with Crippen molar-refractivity contribution in [2.45, 2.75) is 49.7 Å². The van der Waals surface area contributed by atoms with E-state index in [0.717, 1.165) is 19.3 Å². The highest BCUT2D eigenvalue weighted by atomic mass is 32.2. The topological polar surface area (TPSA) is 83.5 Å². The predicted octanol–water partition coefficient (Wildman–Crippen LogP) is 2.52. The van der Waals surface area contributed by atoms with Crippen LogP contribution < -0.4 is 0 Å². The molecule has 4 bridgehead atoms. The lowest BCUT2D eigenvalue weighted by molar-refractivity contribution is -0.218. The minimum absolute atomic E-state index is 0.296. The smallest absolute Gasteiger partial charge is 0.439 e. The number of hydrogen-bond acceptors (Lipinski definition) is 5. The maximum Gasteiger partial charge on any atom is 0.439 e. The normalized spacial score (nSPS) is 38.0. The average molecular weight is 373 g/mol. The van der Waals surface area contributed by atoms with Gasteiger partial charge in [0.05, 0.1) is 5.41 Å². The number of alkyl halides is 4. The molecule has 0 aromatic heterocycles. The molecule has 4 saturated carbocycles. The van der Waals surface area contributed by atoms with Gasteiger partial charge in [0.2, 0.25) is 0 Å². The fraction of sp³-hybridized carbons (Fsp3) is 0.929. The lowest BCUT2D eigenvalue weighted by Crippen LogP contribution is -2.54. The highest BCUT2D eigenvalue weighted by molar-refractivity contribution is 7.87. The standard InChI is InChI=1S/C14H18F4O5S/c15-13(14(16,17)18,24(20,21)22)7-23-11(19)12-4-8-1-9(5-12)3-10(2-8)6-12/h8-10H,1-7H2,(H,20,21,22)/p-1. The zero-order valence-corrected chi connectivity index (χ0v) is 13.5. The van der Waals surface area contributed by atoms with E-state index in [1.54, 1.807) is 0 Å². The number of esters is 1. The highest BCUT2D eigenvalue weighted by Gasteiger charge is 2.64. The Morgan fingerprint density at radius 3 is 1.79 bits per heavy atom. The van der Waals surface area contributed by atoms with Gasteiger partial charge in [0.1, 0.15) is 16.7 Å². The van der Waals surface area contributed by atoms with E-state index in [4.69, 9.17) is 0 Å².